The van der Waals surface area contributed by atoms with Gasteiger partial charge in [-0.05, 0) is 40.3 Å². The van der Waals surface area contributed by atoms with Crippen LogP contribution < -0.4 is 0 Å². The van der Waals surface area contributed by atoms with Crippen molar-refractivity contribution in [1.29, 1.82) is 0 Å². The molecule has 0 amide bonds. The van der Waals surface area contributed by atoms with Crippen LogP contribution in [0, 0.1) is 6.92 Å². The zero-order valence-corrected chi connectivity index (χ0v) is 11.6. The first kappa shape index (κ1) is 13.9. The van der Waals surface area contributed by atoms with Crippen molar-refractivity contribution in [3.05, 3.63) is 35.4 Å². The highest BCUT2D eigenvalue weighted by Gasteiger charge is 2.23. The molecular weight excluding hydrogens is 210 g/mol. The predicted molar refractivity (Wildman–Crippen MR) is 72.5 cm³/mol. The first-order chi connectivity index (χ1) is 7.86. The van der Waals surface area contributed by atoms with E-state index in [-0.39, 0.29) is 11.3 Å². The maximum atomic E-state index is 12.1. The van der Waals surface area contributed by atoms with Gasteiger partial charge in [0, 0.05) is 11.1 Å². The number of rotatable bonds is 5. The maximum absolute atomic E-state index is 12.1. The summed E-state index contributed by atoms with van der Waals surface area (Å²) in [5.41, 5.74) is 2.01. The summed E-state index contributed by atoms with van der Waals surface area (Å²) in [7, 11) is 2.01. The van der Waals surface area contributed by atoms with Crippen molar-refractivity contribution in [3.8, 4) is 0 Å². The molecule has 0 aliphatic heterocycles. The summed E-state index contributed by atoms with van der Waals surface area (Å²) >= 11 is 0. The van der Waals surface area contributed by atoms with Crippen molar-refractivity contribution in [1.82, 2.24) is 4.90 Å². The normalized spacial score (nSPS) is 11.9. The largest absolute Gasteiger partial charge is 0.294 e. The van der Waals surface area contributed by atoms with Gasteiger partial charge in [0.25, 0.3) is 0 Å². The maximum Gasteiger partial charge on any atom is 0.176 e. The quantitative estimate of drug-likeness (QED) is 0.727. The molecule has 17 heavy (non-hydrogen) atoms. The zero-order valence-electron chi connectivity index (χ0n) is 11.6. The fourth-order valence-corrected chi connectivity index (χ4v) is 1.61. The van der Waals surface area contributed by atoms with Crippen LogP contribution in [-0.4, -0.2) is 29.8 Å². The van der Waals surface area contributed by atoms with Gasteiger partial charge in [-0.3, -0.25) is 9.69 Å². The lowest BCUT2D eigenvalue weighted by Crippen LogP contribution is -2.43. The first-order valence-corrected chi connectivity index (χ1v) is 6.18. The Labute approximate surface area is 105 Å². The van der Waals surface area contributed by atoms with Gasteiger partial charge < -0.3 is 0 Å². The number of nitrogens with zero attached hydrogens (tertiary/aromatic N) is 1. The van der Waals surface area contributed by atoms with Crippen molar-refractivity contribution in [2.24, 2.45) is 0 Å². The van der Waals surface area contributed by atoms with E-state index < -0.39 is 0 Å². The van der Waals surface area contributed by atoms with Crippen LogP contribution in [0.3, 0.4) is 0 Å². The van der Waals surface area contributed by atoms with E-state index in [0.29, 0.717) is 6.54 Å². The van der Waals surface area contributed by atoms with Gasteiger partial charge in [0.05, 0.1) is 6.54 Å². The van der Waals surface area contributed by atoms with Crippen LogP contribution in [0.4, 0.5) is 0 Å². The van der Waals surface area contributed by atoms with Crippen molar-refractivity contribution in [2.75, 3.05) is 13.6 Å². The summed E-state index contributed by atoms with van der Waals surface area (Å²) in [6, 6.07) is 7.79. The monoisotopic (exact) mass is 233 g/mol. The molecular formula is C15H23NO. The van der Waals surface area contributed by atoms with Gasteiger partial charge >= 0.3 is 0 Å². The molecule has 0 aromatic heterocycles. The fraction of sp³-hybridized carbons (Fsp3) is 0.533. The molecule has 0 saturated heterocycles. The van der Waals surface area contributed by atoms with E-state index in [2.05, 4.69) is 25.7 Å². The van der Waals surface area contributed by atoms with Crippen LogP contribution in [-0.2, 0) is 0 Å². The van der Waals surface area contributed by atoms with Crippen LogP contribution in [0.5, 0.6) is 0 Å². The molecule has 0 saturated carbocycles. The molecule has 1 rings (SSSR count). The third kappa shape index (κ3) is 3.67. The zero-order chi connectivity index (χ0) is 13.1. The Kier molecular flexibility index (Phi) is 4.47. The van der Waals surface area contributed by atoms with E-state index in [1.807, 2.05) is 38.2 Å². The van der Waals surface area contributed by atoms with Crippen LogP contribution in [0.25, 0.3) is 0 Å². The highest BCUT2D eigenvalue weighted by molar-refractivity contribution is 5.97. The molecule has 0 unspecified atom stereocenters. The molecule has 0 spiro atoms. The Bertz CT molecular complexity index is 396. The number of benzene rings is 1. The lowest BCUT2D eigenvalue weighted by Gasteiger charge is -2.34. The molecule has 94 valence electrons. The molecule has 0 N–H and O–H groups in total. The second-order valence-electron chi connectivity index (χ2n) is 5.31. The van der Waals surface area contributed by atoms with Gasteiger partial charge in [-0.15, -0.1) is 0 Å². The van der Waals surface area contributed by atoms with Gasteiger partial charge in [0.15, 0.2) is 5.78 Å². The van der Waals surface area contributed by atoms with Gasteiger partial charge in [0.2, 0.25) is 0 Å². The number of hydrogen-bond acceptors (Lipinski definition) is 2. The molecule has 0 radical (unpaired) electrons. The van der Waals surface area contributed by atoms with Crippen molar-refractivity contribution in [2.45, 2.75) is 39.7 Å². The molecule has 0 aliphatic rings. The van der Waals surface area contributed by atoms with E-state index in [0.717, 1.165) is 17.5 Å². The number of ketones is 1. The minimum atomic E-state index is 0.0689. The van der Waals surface area contributed by atoms with Gasteiger partial charge in [-0.25, -0.2) is 0 Å². The predicted octanol–water partition coefficient (Wildman–Crippen LogP) is 3.30. The molecule has 1 aromatic carbocycles. The summed E-state index contributed by atoms with van der Waals surface area (Å²) in [6.45, 7) is 8.96. The number of Topliss-reactive ketones (excluding diaryl/α,β-unsaturated/α-hetero) is 1. The molecule has 2 heteroatoms. The smallest absolute Gasteiger partial charge is 0.176 e. The number of carbonyl (C=O) groups excluding carboxylic acids is 1. The second-order valence-corrected chi connectivity index (χ2v) is 5.31. The first-order valence-electron chi connectivity index (χ1n) is 6.18. The molecule has 0 fully saturated rings. The Morgan fingerprint density at radius 3 is 2.53 bits per heavy atom. The Morgan fingerprint density at radius 1 is 1.35 bits per heavy atom. The number of likely N-dealkylation sites (N-methyl/N-ethyl adjacent to an activating group) is 1. The van der Waals surface area contributed by atoms with Gasteiger partial charge in [-0.2, -0.15) is 0 Å². The molecule has 0 atom stereocenters. The summed E-state index contributed by atoms with van der Waals surface area (Å²) in [5, 5.41) is 0. The molecule has 1 aromatic rings. The van der Waals surface area contributed by atoms with E-state index >= 15 is 0 Å². The number of hydrogen-bond donors (Lipinski definition) is 0. The molecule has 0 heterocycles. The summed E-state index contributed by atoms with van der Waals surface area (Å²) < 4.78 is 0. The van der Waals surface area contributed by atoms with Gasteiger partial charge in [0.1, 0.15) is 0 Å². The fourth-order valence-electron chi connectivity index (χ4n) is 1.61. The Balaban J connectivity index is 2.73. The van der Waals surface area contributed by atoms with E-state index in [4.69, 9.17) is 0 Å². The SMILES string of the molecule is CCC(C)(C)N(C)CC(=O)c1cccc(C)c1. The highest BCUT2D eigenvalue weighted by atomic mass is 16.1. The van der Waals surface area contributed by atoms with Crippen molar-refractivity contribution >= 4 is 5.78 Å². The molecule has 2 nitrogen and oxygen atoms in total. The van der Waals surface area contributed by atoms with E-state index in [1.165, 1.54) is 0 Å². The lowest BCUT2D eigenvalue weighted by molar-refractivity contribution is 0.0847. The van der Waals surface area contributed by atoms with Crippen molar-refractivity contribution < 1.29 is 4.79 Å². The average molecular weight is 233 g/mol. The Hall–Kier alpha value is -1.15. The minimum absolute atomic E-state index is 0.0689. The topological polar surface area (TPSA) is 20.3 Å². The summed E-state index contributed by atoms with van der Waals surface area (Å²) in [6.07, 6.45) is 1.03. The van der Waals surface area contributed by atoms with Gasteiger partial charge in [-0.1, -0.05) is 30.7 Å². The van der Waals surface area contributed by atoms with Crippen LogP contribution in [0.1, 0.15) is 43.1 Å². The van der Waals surface area contributed by atoms with Crippen LogP contribution in [0.15, 0.2) is 24.3 Å². The lowest BCUT2D eigenvalue weighted by atomic mass is 9.99. The van der Waals surface area contributed by atoms with Crippen LogP contribution >= 0.6 is 0 Å². The van der Waals surface area contributed by atoms with Crippen molar-refractivity contribution in [3.63, 3.8) is 0 Å². The van der Waals surface area contributed by atoms with E-state index in [9.17, 15) is 4.79 Å². The standard InChI is InChI=1S/C15H23NO/c1-6-15(3,4)16(5)11-14(17)13-9-7-8-12(2)10-13/h7-10H,6,11H2,1-5H3. The minimum Gasteiger partial charge on any atom is -0.294 e. The number of aryl methyl sites for hydroxylation is 1. The number of carbonyl (C=O) groups is 1. The van der Waals surface area contributed by atoms with Crippen LogP contribution in [0.2, 0.25) is 0 Å². The molecule has 0 aliphatic carbocycles. The molecule has 0 bridgehead atoms. The Morgan fingerprint density at radius 2 is 2.00 bits per heavy atom. The highest BCUT2D eigenvalue weighted by Crippen LogP contribution is 2.17. The average Bonchev–Trinajstić information content (AvgIpc) is 2.28. The third-order valence-corrected chi connectivity index (χ3v) is 3.62. The summed E-state index contributed by atoms with van der Waals surface area (Å²) in [4.78, 5) is 14.3. The third-order valence-electron chi connectivity index (χ3n) is 3.62. The second kappa shape index (κ2) is 5.46. The van der Waals surface area contributed by atoms with E-state index in [1.54, 1.807) is 0 Å². The summed E-state index contributed by atoms with van der Waals surface area (Å²) in [5.74, 6) is 0.192.